The van der Waals surface area contributed by atoms with Gasteiger partial charge in [0.25, 0.3) is 5.91 Å². The molecular formula is C17H16N2O3. The minimum absolute atomic E-state index is 0.289. The summed E-state index contributed by atoms with van der Waals surface area (Å²) in [7, 11) is 0. The van der Waals surface area contributed by atoms with Crippen LogP contribution in [0.4, 0.5) is 0 Å². The van der Waals surface area contributed by atoms with Gasteiger partial charge in [-0.2, -0.15) is 0 Å². The fourth-order valence-corrected chi connectivity index (χ4v) is 2.54. The molecule has 2 aromatic carbocycles. The van der Waals surface area contributed by atoms with E-state index >= 15 is 0 Å². The molecule has 0 atom stereocenters. The van der Waals surface area contributed by atoms with Crippen LogP contribution in [0.2, 0.25) is 0 Å². The molecule has 22 heavy (non-hydrogen) atoms. The number of hydrogen-bond acceptors (Lipinski definition) is 3. The number of benzene rings is 2. The third-order valence-electron chi connectivity index (χ3n) is 3.55. The minimum atomic E-state index is -0.582. The molecule has 1 amide bonds. The van der Waals surface area contributed by atoms with Crippen LogP contribution in [0.3, 0.4) is 0 Å². The molecule has 0 saturated heterocycles. The van der Waals surface area contributed by atoms with Gasteiger partial charge in [0.2, 0.25) is 0 Å². The molecule has 0 bridgehead atoms. The Morgan fingerprint density at radius 3 is 2.68 bits per heavy atom. The zero-order valence-electron chi connectivity index (χ0n) is 12.2. The lowest BCUT2D eigenvalue weighted by Gasteiger charge is -2.06. The molecule has 1 heterocycles. The topological polar surface area (TPSA) is 85.2 Å². The van der Waals surface area contributed by atoms with Crippen LogP contribution in [-0.2, 0) is 4.74 Å². The number of aromatic amines is 1. The summed E-state index contributed by atoms with van der Waals surface area (Å²) >= 11 is 0. The Balaban J connectivity index is 2.25. The standard InChI is InChI=1S/C17H16N2O3/c1-2-7-22-17(21)10-8-12-11-5-3-4-6-14(11)19-15(12)13(9-10)16(18)20/h3-6,8-9,19H,2,7H2,1H3,(H2,18,20). The molecule has 0 aliphatic heterocycles. The highest BCUT2D eigenvalue weighted by Crippen LogP contribution is 2.29. The average Bonchev–Trinajstić information content (AvgIpc) is 2.90. The van der Waals surface area contributed by atoms with Crippen molar-refractivity contribution < 1.29 is 14.3 Å². The van der Waals surface area contributed by atoms with E-state index in [1.807, 2.05) is 31.2 Å². The molecule has 1 aromatic heterocycles. The first-order chi connectivity index (χ1) is 10.6. The van der Waals surface area contributed by atoms with Crippen molar-refractivity contribution in [3.8, 4) is 0 Å². The van der Waals surface area contributed by atoms with Crippen molar-refractivity contribution >= 4 is 33.7 Å². The van der Waals surface area contributed by atoms with E-state index in [1.54, 1.807) is 6.07 Å². The maximum absolute atomic E-state index is 12.1. The fourth-order valence-electron chi connectivity index (χ4n) is 2.54. The number of fused-ring (bicyclic) bond motifs is 3. The molecule has 5 heteroatoms. The molecule has 0 spiro atoms. The van der Waals surface area contributed by atoms with Crippen molar-refractivity contribution in [2.45, 2.75) is 13.3 Å². The number of esters is 1. The van der Waals surface area contributed by atoms with Crippen molar-refractivity contribution in [1.82, 2.24) is 4.98 Å². The van der Waals surface area contributed by atoms with Gasteiger partial charge in [-0.25, -0.2) is 4.79 Å². The van der Waals surface area contributed by atoms with E-state index in [4.69, 9.17) is 10.5 Å². The quantitative estimate of drug-likeness (QED) is 0.726. The predicted molar refractivity (Wildman–Crippen MR) is 84.9 cm³/mol. The highest BCUT2D eigenvalue weighted by atomic mass is 16.5. The van der Waals surface area contributed by atoms with E-state index in [0.717, 1.165) is 22.7 Å². The molecule has 0 fully saturated rings. The van der Waals surface area contributed by atoms with Crippen molar-refractivity contribution in [3.63, 3.8) is 0 Å². The van der Waals surface area contributed by atoms with E-state index in [1.165, 1.54) is 6.07 Å². The number of rotatable bonds is 4. The fraction of sp³-hybridized carbons (Fsp3) is 0.176. The van der Waals surface area contributed by atoms with Gasteiger partial charge < -0.3 is 15.5 Å². The Bertz CT molecular complexity index is 880. The smallest absolute Gasteiger partial charge is 0.338 e. The number of hydrogen-bond donors (Lipinski definition) is 2. The monoisotopic (exact) mass is 296 g/mol. The summed E-state index contributed by atoms with van der Waals surface area (Å²) in [6.07, 6.45) is 0.740. The van der Waals surface area contributed by atoms with Crippen molar-refractivity contribution in [2.75, 3.05) is 6.61 Å². The van der Waals surface area contributed by atoms with E-state index in [9.17, 15) is 9.59 Å². The number of H-pyrrole nitrogens is 1. The zero-order valence-corrected chi connectivity index (χ0v) is 12.2. The number of nitrogens with two attached hydrogens (primary N) is 1. The molecule has 0 aliphatic carbocycles. The summed E-state index contributed by atoms with van der Waals surface area (Å²) in [6, 6.07) is 10.9. The Hall–Kier alpha value is -2.82. The van der Waals surface area contributed by atoms with Gasteiger partial charge in [0.05, 0.1) is 23.3 Å². The van der Waals surface area contributed by atoms with Crippen molar-refractivity contribution in [2.24, 2.45) is 5.73 Å². The first kappa shape index (κ1) is 14.1. The first-order valence-corrected chi connectivity index (χ1v) is 7.13. The average molecular weight is 296 g/mol. The SMILES string of the molecule is CCCOC(=O)c1cc(C(N)=O)c2[nH]c3ccccc3c2c1. The zero-order chi connectivity index (χ0) is 15.7. The highest BCUT2D eigenvalue weighted by molar-refractivity contribution is 6.16. The second-order valence-corrected chi connectivity index (χ2v) is 5.12. The maximum Gasteiger partial charge on any atom is 0.338 e. The summed E-state index contributed by atoms with van der Waals surface area (Å²) in [5.74, 6) is -1.03. The number of carbonyl (C=O) groups is 2. The van der Waals surface area contributed by atoms with Gasteiger partial charge in [0.15, 0.2) is 0 Å². The van der Waals surface area contributed by atoms with Crippen LogP contribution in [-0.4, -0.2) is 23.5 Å². The van der Waals surface area contributed by atoms with Crippen molar-refractivity contribution in [1.29, 1.82) is 0 Å². The molecule has 3 rings (SSSR count). The van der Waals surface area contributed by atoms with E-state index in [0.29, 0.717) is 17.7 Å². The second kappa shape index (κ2) is 5.52. The second-order valence-electron chi connectivity index (χ2n) is 5.12. The van der Waals surface area contributed by atoms with Crippen LogP contribution in [0.15, 0.2) is 36.4 Å². The van der Waals surface area contributed by atoms with Crippen LogP contribution < -0.4 is 5.73 Å². The largest absolute Gasteiger partial charge is 0.462 e. The predicted octanol–water partition coefficient (Wildman–Crippen LogP) is 2.99. The van der Waals surface area contributed by atoms with Crippen LogP contribution in [0, 0.1) is 0 Å². The summed E-state index contributed by atoms with van der Waals surface area (Å²) < 4.78 is 5.15. The summed E-state index contributed by atoms with van der Waals surface area (Å²) in [4.78, 5) is 27.0. The van der Waals surface area contributed by atoms with Gasteiger partial charge >= 0.3 is 5.97 Å². The van der Waals surface area contributed by atoms with E-state index in [-0.39, 0.29) is 5.56 Å². The van der Waals surface area contributed by atoms with Gasteiger partial charge in [0, 0.05) is 16.3 Å². The number of aromatic nitrogens is 1. The molecule has 5 nitrogen and oxygen atoms in total. The lowest BCUT2D eigenvalue weighted by molar-refractivity contribution is 0.0505. The molecule has 112 valence electrons. The van der Waals surface area contributed by atoms with Gasteiger partial charge in [-0.05, 0) is 24.6 Å². The number of para-hydroxylation sites is 1. The molecule has 3 aromatic rings. The summed E-state index contributed by atoms with van der Waals surface area (Å²) in [5, 5.41) is 1.72. The third kappa shape index (κ3) is 2.30. The van der Waals surface area contributed by atoms with Gasteiger partial charge in [0.1, 0.15) is 0 Å². The van der Waals surface area contributed by atoms with E-state index in [2.05, 4.69) is 4.98 Å². The number of ether oxygens (including phenoxy) is 1. The minimum Gasteiger partial charge on any atom is -0.462 e. The van der Waals surface area contributed by atoms with E-state index < -0.39 is 11.9 Å². The lowest BCUT2D eigenvalue weighted by atomic mass is 10.0. The summed E-state index contributed by atoms with van der Waals surface area (Å²) in [6.45, 7) is 2.27. The van der Waals surface area contributed by atoms with Gasteiger partial charge in [-0.1, -0.05) is 25.1 Å². The normalized spacial score (nSPS) is 11.0. The first-order valence-electron chi connectivity index (χ1n) is 7.13. The number of amides is 1. The number of primary amides is 1. The molecule has 0 radical (unpaired) electrons. The Labute approximate surface area is 127 Å². The molecule has 0 aliphatic rings. The van der Waals surface area contributed by atoms with Crippen LogP contribution in [0.5, 0.6) is 0 Å². The molecule has 0 unspecified atom stereocenters. The van der Waals surface area contributed by atoms with Gasteiger partial charge in [-0.15, -0.1) is 0 Å². The van der Waals surface area contributed by atoms with Crippen LogP contribution in [0.1, 0.15) is 34.1 Å². The Morgan fingerprint density at radius 2 is 1.95 bits per heavy atom. The van der Waals surface area contributed by atoms with Gasteiger partial charge in [-0.3, -0.25) is 4.79 Å². The highest BCUT2D eigenvalue weighted by Gasteiger charge is 2.17. The van der Waals surface area contributed by atoms with Crippen LogP contribution >= 0.6 is 0 Å². The Morgan fingerprint density at radius 1 is 1.18 bits per heavy atom. The lowest BCUT2D eigenvalue weighted by Crippen LogP contribution is -2.14. The molecule has 3 N–H and O–H groups in total. The maximum atomic E-state index is 12.1. The van der Waals surface area contributed by atoms with Crippen LogP contribution in [0.25, 0.3) is 21.8 Å². The third-order valence-corrected chi connectivity index (χ3v) is 3.55. The number of nitrogens with one attached hydrogen (secondary N) is 1. The Kier molecular flexibility index (Phi) is 3.55. The number of carbonyl (C=O) groups excluding carboxylic acids is 2. The summed E-state index contributed by atoms with van der Waals surface area (Å²) in [5.41, 5.74) is 7.61. The molecular weight excluding hydrogens is 280 g/mol. The van der Waals surface area contributed by atoms with Crippen molar-refractivity contribution in [3.05, 3.63) is 47.5 Å². The molecule has 0 saturated carbocycles.